The van der Waals surface area contributed by atoms with E-state index in [4.69, 9.17) is 5.73 Å². The minimum absolute atomic E-state index is 0.161. The quantitative estimate of drug-likeness (QED) is 0.772. The molecule has 0 aliphatic rings. The Labute approximate surface area is 85.0 Å². The van der Waals surface area contributed by atoms with Gasteiger partial charge in [-0.05, 0) is 18.9 Å². The van der Waals surface area contributed by atoms with Gasteiger partial charge in [-0.3, -0.25) is 0 Å². The molecule has 1 aromatic heterocycles. The van der Waals surface area contributed by atoms with Crippen molar-refractivity contribution in [3.63, 3.8) is 0 Å². The number of pyridine rings is 1. The number of nitrogens with zero attached hydrogens (tertiary/aromatic N) is 1. The number of anilines is 1. The number of rotatable bonds is 3. The fourth-order valence-corrected chi connectivity index (χ4v) is 1.51. The molecule has 1 heterocycles. The molecule has 2 unspecified atom stereocenters. The highest BCUT2D eigenvalue weighted by molar-refractivity contribution is 5.42. The van der Waals surface area contributed by atoms with Crippen LogP contribution in [0.25, 0.3) is 0 Å². The Morgan fingerprint density at radius 2 is 2.29 bits per heavy atom. The summed E-state index contributed by atoms with van der Waals surface area (Å²) in [5, 5.41) is 10.3. The summed E-state index contributed by atoms with van der Waals surface area (Å²) >= 11 is 0. The molecular formula is C11H18N2O. The monoisotopic (exact) mass is 194 g/mol. The van der Waals surface area contributed by atoms with Crippen LogP contribution < -0.4 is 5.73 Å². The number of hydrogen-bond donors (Lipinski definition) is 2. The molecule has 0 aliphatic heterocycles. The lowest BCUT2D eigenvalue weighted by atomic mass is 9.83. The second-order valence-electron chi connectivity index (χ2n) is 3.89. The van der Waals surface area contributed by atoms with E-state index >= 15 is 0 Å². The third-order valence-electron chi connectivity index (χ3n) is 2.96. The lowest BCUT2D eigenvalue weighted by Crippen LogP contribution is -2.30. The molecule has 0 saturated carbocycles. The van der Waals surface area contributed by atoms with Crippen LogP contribution in [0, 0.1) is 5.92 Å². The Morgan fingerprint density at radius 1 is 1.64 bits per heavy atom. The molecule has 3 N–H and O–H groups in total. The van der Waals surface area contributed by atoms with Crippen LogP contribution in [0.2, 0.25) is 0 Å². The molecule has 0 fully saturated rings. The van der Waals surface area contributed by atoms with Crippen LogP contribution in [0.5, 0.6) is 0 Å². The highest BCUT2D eigenvalue weighted by atomic mass is 16.3. The van der Waals surface area contributed by atoms with Crippen molar-refractivity contribution >= 4 is 5.82 Å². The second-order valence-corrected chi connectivity index (χ2v) is 3.89. The van der Waals surface area contributed by atoms with E-state index in [1.54, 1.807) is 19.2 Å². The van der Waals surface area contributed by atoms with E-state index in [9.17, 15) is 5.11 Å². The van der Waals surface area contributed by atoms with Gasteiger partial charge in [0, 0.05) is 11.8 Å². The van der Waals surface area contributed by atoms with Gasteiger partial charge in [0.05, 0.1) is 5.60 Å². The van der Waals surface area contributed by atoms with Crippen molar-refractivity contribution in [3.8, 4) is 0 Å². The highest BCUT2D eigenvalue weighted by Gasteiger charge is 2.31. The average Bonchev–Trinajstić information content (AvgIpc) is 2.17. The molecule has 0 aliphatic carbocycles. The molecule has 0 radical (unpaired) electrons. The van der Waals surface area contributed by atoms with Crippen LogP contribution in [-0.2, 0) is 5.60 Å². The van der Waals surface area contributed by atoms with Gasteiger partial charge >= 0.3 is 0 Å². The van der Waals surface area contributed by atoms with E-state index < -0.39 is 5.60 Å². The van der Waals surface area contributed by atoms with E-state index in [1.807, 2.05) is 19.9 Å². The number of aliphatic hydroxyl groups is 1. The van der Waals surface area contributed by atoms with E-state index in [0.29, 0.717) is 11.4 Å². The Balaban J connectivity index is 3.09. The lowest BCUT2D eigenvalue weighted by molar-refractivity contribution is 0.000495. The van der Waals surface area contributed by atoms with Gasteiger partial charge in [0.25, 0.3) is 0 Å². The molecule has 78 valence electrons. The van der Waals surface area contributed by atoms with Crippen molar-refractivity contribution in [2.45, 2.75) is 32.8 Å². The number of aromatic nitrogens is 1. The van der Waals surface area contributed by atoms with Crippen molar-refractivity contribution in [2.75, 3.05) is 5.73 Å². The van der Waals surface area contributed by atoms with E-state index in [1.165, 1.54) is 0 Å². The molecule has 0 saturated heterocycles. The molecule has 0 amide bonds. The molecule has 0 aromatic carbocycles. The average molecular weight is 194 g/mol. The van der Waals surface area contributed by atoms with Crippen LogP contribution in [0.4, 0.5) is 5.82 Å². The summed E-state index contributed by atoms with van der Waals surface area (Å²) in [4.78, 5) is 3.98. The van der Waals surface area contributed by atoms with Gasteiger partial charge in [0.1, 0.15) is 5.82 Å². The predicted molar refractivity (Wildman–Crippen MR) is 57.7 cm³/mol. The normalized spacial score (nSPS) is 17.4. The van der Waals surface area contributed by atoms with Gasteiger partial charge in [0.2, 0.25) is 0 Å². The third kappa shape index (κ3) is 1.87. The Kier molecular flexibility index (Phi) is 3.11. The maximum absolute atomic E-state index is 10.3. The van der Waals surface area contributed by atoms with E-state index in [2.05, 4.69) is 4.98 Å². The SMILES string of the molecule is CCC(C)C(C)(O)c1cccnc1N. The standard InChI is InChI=1S/C11H18N2O/c1-4-8(2)11(3,14)9-6-5-7-13-10(9)12/h5-8,14H,4H2,1-3H3,(H2,12,13). The molecule has 1 aromatic rings. The molecule has 3 heteroatoms. The van der Waals surface area contributed by atoms with Gasteiger partial charge in [-0.25, -0.2) is 4.98 Å². The summed E-state index contributed by atoms with van der Waals surface area (Å²) in [6, 6.07) is 3.62. The smallest absolute Gasteiger partial charge is 0.129 e. The maximum Gasteiger partial charge on any atom is 0.129 e. The summed E-state index contributed by atoms with van der Waals surface area (Å²) in [6.07, 6.45) is 2.53. The molecule has 2 atom stereocenters. The van der Waals surface area contributed by atoms with Gasteiger partial charge in [0.15, 0.2) is 0 Å². The van der Waals surface area contributed by atoms with Gasteiger partial charge in [-0.1, -0.05) is 26.3 Å². The van der Waals surface area contributed by atoms with Crippen molar-refractivity contribution in [1.29, 1.82) is 0 Å². The van der Waals surface area contributed by atoms with Crippen molar-refractivity contribution < 1.29 is 5.11 Å². The number of hydrogen-bond acceptors (Lipinski definition) is 3. The van der Waals surface area contributed by atoms with Gasteiger partial charge in [-0.15, -0.1) is 0 Å². The van der Waals surface area contributed by atoms with Crippen molar-refractivity contribution in [1.82, 2.24) is 4.98 Å². The predicted octanol–water partition coefficient (Wildman–Crippen LogP) is 1.92. The first-order chi connectivity index (χ1) is 6.50. The summed E-state index contributed by atoms with van der Waals surface area (Å²) in [6.45, 7) is 5.84. The maximum atomic E-state index is 10.3. The van der Waals surface area contributed by atoms with Gasteiger partial charge < -0.3 is 10.8 Å². The summed E-state index contributed by atoms with van der Waals surface area (Å²) in [5.74, 6) is 0.576. The number of nitrogens with two attached hydrogens (primary N) is 1. The van der Waals surface area contributed by atoms with Crippen molar-refractivity contribution in [2.24, 2.45) is 5.92 Å². The first kappa shape index (κ1) is 11.0. The zero-order valence-electron chi connectivity index (χ0n) is 8.99. The fraction of sp³-hybridized carbons (Fsp3) is 0.545. The van der Waals surface area contributed by atoms with Crippen LogP contribution in [-0.4, -0.2) is 10.1 Å². The topological polar surface area (TPSA) is 59.1 Å². The summed E-state index contributed by atoms with van der Waals surface area (Å²) in [7, 11) is 0. The molecule has 0 spiro atoms. The minimum Gasteiger partial charge on any atom is -0.385 e. The zero-order chi connectivity index (χ0) is 10.8. The largest absolute Gasteiger partial charge is 0.385 e. The first-order valence-electron chi connectivity index (χ1n) is 4.93. The highest BCUT2D eigenvalue weighted by Crippen LogP contribution is 2.33. The Bertz CT molecular complexity index is 310. The first-order valence-corrected chi connectivity index (χ1v) is 4.93. The van der Waals surface area contributed by atoms with E-state index in [-0.39, 0.29) is 5.92 Å². The van der Waals surface area contributed by atoms with Crippen LogP contribution >= 0.6 is 0 Å². The summed E-state index contributed by atoms with van der Waals surface area (Å²) in [5.41, 5.74) is 5.55. The Hall–Kier alpha value is -1.09. The Morgan fingerprint density at radius 3 is 2.79 bits per heavy atom. The van der Waals surface area contributed by atoms with Crippen LogP contribution in [0.3, 0.4) is 0 Å². The van der Waals surface area contributed by atoms with Crippen LogP contribution in [0.1, 0.15) is 32.8 Å². The summed E-state index contributed by atoms with van der Waals surface area (Å²) < 4.78 is 0. The molecule has 14 heavy (non-hydrogen) atoms. The van der Waals surface area contributed by atoms with Crippen molar-refractivity contribution in [3.05, 3.63) is 23.9 Å². The molecule has 0 bridgehead atoms. The minimum atomic E-state index is -0.896. The van der Waals surface area contributed by atoms with E-state index in [0.717, 1.165) is 6.42 Å². The third-order valence-corrected chi connectivity index (χ3v) is 2.96. The fourth-order valence-electron chi connectivity index (χ4n) is 1.51. The lowest BCUT2D eigenvalue weighted by Gasteiger charge is -2.30. The van der Waals surface area contributed by atoms with Gasteiger partial charge in [-0.2, -0.15) is 0 Å². The zero-order valence-corrected chi connectivity index (χ0v) is 8.99. The molecule has 3 nitrogen and oxygen atoms in total. The second kappa shape index (κ2) is 3.96. The number of nitrogen functional groups attached to an aromatic ring is 1. The van der Waals surface area contributed by atoms with Crippen LogP contribution in [0.15, 0.2) is 18.3 Å². The molecular weight excluding hydrogens is 176 g/mol. The molecule has 1 rings (SSSR count).